The predicted octanol–water partition coefficient (Wildman–Crippen LogP) is 3.17. The van der Waals surface area contributed by atoms with Crippen LogP contribution in [0.4, 0.5) is 0 Å². The van der Waals surface area contributed by atoms with Crippen molar-refractivity contribution in [3.05, 3.63) is 23.3 Å². The van der Waals surface area contributed by atoms with Crippen LogP contribution in [0.3, 0.4) is 0 Å². The number of aliphatic hydroxyl groups is 1. The SMILES string of the molecule is COc1cc2c(cc1OC)C(C)(C)CCSC2COCCO. The lowest BCUT2D eigenvalue weighted by Gasteiger charge is -2.27. The third kappa shape index (κ3) is 3.70. The molecule has 0 radical (unpaired) electrons. The molecule has 0 aliphatic carbocycles. The molecular weight excluding hydrogens is 300 g/mol. The van der Waals surface area contributed by atoms with Crippen LogP contribution >= 0.6 is 11.8 Å². The van der Waals surface area contributed by atoms with Crippen molar-refractivity contribution in [1.29, 1.82) is 0 Å². The van der Waals surface area contributed by atoms with Crippen molar-refractivity contribution in [2.75, 3.05) is 39.8 Å². The van der Waals surface area contributed by atoms with Gasteiger partial charge in [0.1, 0.15) is 0 Å². The molecular formula is C17H26O4S. The summed E-state index contributed by atoms with van der Waals surface area (Å²) in [7, 11) is 3.33. The van der Waals surface area contributed by atoms with Crippen molar-refractivity contribution in [1.82, 2.24) is 0 Å². The lowest BCUT2D eigenvalue weighted by molar-refractivity contribution is 0.0931. The van der Waals surface area contributed by atoms with E-state index in [1.165, 1.54) is 11.1 Å². The van der Waals surface area contributed by atoms with E-state index < -0.39 is 0 Å². The van der Waals surface area contributed by atoms with Gasteiger partial charge in [-0.2, -0.15) is 11.8 Å². The lowest BCUT2D eigenvalue weighted by Crippen LogP contribution is -2.19. The highest BCUT2D eigenvalue weighted by molar-refractivity contribution is 7.99. The zero-order valence-electron chi connectivity index (χ0n) is 13.8. The van der Waals surface area contributed by atoms with Crippen molar-refractivity contribution >= 4 is 11.8 Å². The number of aliphatic hydroxyl groups excluding tert-OH is 1. The average molecular weight is 326 g/mol. The smallest absolute Gasteiger partial charge is 0.161 e. The zero-order chi connectivity index (χ0) is 16.2. The highest BCUT2D eigenvalue weighted by Gasteiger charge is 2.32. The first kappa shape index (κ1) is 17.4. The second kappa shape index (κ2) is 7.57. The molecule has 1 aromatic carbocycles. The maximum Gasteiger partial charge on any atom is 0.161 e. The van der Waals surface area contributed by atoms with Crippen LogP contribution in [-0.2, 0) is 10.2 Å². The number of benzene rings is 1. The minimum absolute atomic E-state index is 0.0572. The molecule has 5 heteroatoms. The molecule has 0 saturated carbocycles. The Morgan fingerprint density at radius 2 is 1.91 bits per heavy atom. The van der Waals surface area contributed by atoms with Crippen LogP contribution in [0.2, 0.25) is 0 Å². The summed E-state index contributed by atoms with van der Waals surface area (Å²) in [6, 6.07) is 4.19. The first-order chi connectivity index (χ1) is 10.5. The molecule has 22 heavy (non-hydrogen) atoms. The third-order valence-corrected chi connectivity index (χ3v) is 5.41. The van der Waals surface area contributed by atoms with E-state index in [2.05, 4.69) is 26.0 Å². The minimum Gasteiger partial charge on any atom is -0.493 e. The van der Waals surface area contributed by atoms with E-state index in [-0.39, 0.29) is 17.3 Å². The molecule has 0 saturated heterocycles. The van der Waals surface area contributed by atoms with Crippen molar-refractivity contribution in [3.63, 3.8) is 0 Å². The van der Waals surface area contributed by atoms with Gasteiger partial charge in [-0.15, -0.1) is 0 Å². The third-order valence-electron chi connectivity index (χ3n) is 4.18. The van der Waals surface area contributed by atoms with Gasteiger partial charge in [-0.25, -0.2) is 0 Å². The summed E-state index contributed by atoms with van der Waals surface area (Å²) in [5, 5.41) is 9.16. The normalized spacial score (nSPS) is 20.1. The Balaban J connectivity index is 2.43. The first-order valence-electron chi connectivity index (χ1n) is 7.60. The van der Waals surface area contributed by atoms with E-state index in [1.807, 2.05) is 11.8 Å². The van der Waals surface area contributed by atoms with Gasteiger partial charge in [0.2, 0.25) is 0 Å². The number of methoxy groups -OCH3 is 2. The number of hydrogen-bond acceptors (Lipinski definition) is 5. The van der Waals surface area contributed by atoms with Gasteiger partial charge in [-0.1, -0.05) is 13.8 Å². The lowest BCUT2D eigenvalue weighted by atomic mass is 9.79. The topological polar surface area (TPSA) is 47.9 Å². The van der Waals surface area contributed by atoms with E-state index in [0.717, 1.165) is 23.7 Å². The van der Waals surface area contributed by atoms with Crippen molar-refractivity contribution in [3.8, 4) is 11.5 Å². The Labute approximate surface area is 137 Å². The number of hydrogen-bond donors (Lipinski definition) is 1. The molecule has 0 fully saturated rings. The van der Waals surface area contributed by atoms with Gasteiger partial charge < -0.3 is 19.3 Å². The Morgan fingerprint density at radius 1 is 1.23 bits per heavy atom. The second-order valence-corrected chi connectivity index (χ2v) is 7.40. The predicted molar refractivity (Wildman–Crippen MR) is 90.3 cm³/mol. The number of ether oxygens (including phenoxy) is 3. The zero-order valence-corrected chi connectivity index (χ0v) is 14.7. The summed E-state index contributed by atoms with van der Waals surface area (Å²) in [6.07, 6.45) is 1.11. The minimum atomic E-state index is 0.0572. The fourth-order valence-corrected chi connectivity index (χ4v) is 4.30. The molecule has 1 aromatic rings. The Morgan fingerprint density at radius 3 is 2.55 bits per heavy atom. The van der Waals surface area contributed by atoms with Crippen LogP contribution in [0.15, 0.2) is 12.1 Å². The molecule has 0 spiro atoms. The van der Waals surface area contributed by atoms with Crippen LogP contribution in [-0.4, -0.2) is 44.9 Å². The summed E-state index contributed by atoms with van der Waals surface area (Å²) >= 11 is 1.91. The largest absolute Gasteiger partial charge is 0.493 e. The van der Waals surface area contributed by atoms with E-state index in [9.17, 15) is 0 Å². The molecule has 0 bridgehead atoms. The van der Waals surface area contributed by atoms with Gasteiger partial charge in [0.05, 0.1) is 39.3 Å². The Bertz CT molecular complexity index is 502. The van der Waals surface area contributed by atoms with Crippen molar-refractivity contribution < 1.29 is 19.3 Å². The van der Waals surface area contributed by atoms with Gasteiger partial charge in [0.25, 0.3) is 0 Å². The Kier molecular flexibility index (Phi) is 6.01. The maximum absolute atomic E-state index is 8.91. The van der Waals surface area contributed by atoms with Gasteiger partial charge in [-0.05, 0) is 40.8 Å². The summed E-state index contributed by atoms with van der Waals surface area (Å²) in [4.78, 5) is 0. The molecule has 1 heterocycles. The second-order valence-electron chi connectivity index (χ2n) is 6.09. The van der Waals surface area contributed by atoms with E-state index >= 15 is 0 Å². The Hall–Kier alpha value is -0.910. The molecule has 0 aromatic heterocycles. The van der Waals surface area contributed by atoms with Gasteiger partial charge >= 0.3 is 0 Å². The molecule has 124 valence electrons. The first-order valence-corrected chi connectivity index (χ1v) is 8.65. The molecule has 1 atom stereocenters. The van der Waals surface area contributed by atoms with E-state index in [0.29, 0.717) is 13.2 Å². The number of rotatable bonds is 6. The molecule has 4 nitrogen and oxygen atoms in total. The molecule has 1 aliphatic heterocycles. The average Bonchev–Trinajstić information content (AvgIpc) is 2.63. The van der Waals surface area contributed by atoms with Crippen LogP contribution in [0.25, 0.3) is 0 Å². The fourth-order valence-electron chi connectivity index (χ4n) is 2.82. The molecule has 1 unspecified atom stereocenters. The monoisotopic (exact) mass is 326 g/mol. The highest BCUT2D eigenvalue weighted by atomic mass is 32.2. The van der Waals surface area contributed by atoms with E-state index in [1.54, 1.807) is 14.2 Å². The van der Waals surface area contributed by atoms with Crippen LogP contribution < -0.4 is 9.47 Å². The summed E-state index contributed by atoms with van der Waals surface area (Å²) in [5.74, 6) is 2.61. The van der Waals surface area contributed by atoms with Crippen LogP contribution in [0.5, 0.6) is 11.5 Å². The number of fused-ring (bicyclic) bond motifs is 1. The van der Waals surface area contributed by atoms with Crippen LogP contribution in [0, 0.1) is 0 Å². The standard InChI is InChI=1S/C17H26O4S/c1-17(2)5-8-22-16(11-21-7-6-18)12-9-14(19-3)15(20-4)10-13(12)17/h9-10,16,18H,5-8,11H2,1-4H3. The molecule has 1 aliphatic rings. The summed E-state index contributed by atoms with van der Waals surface area (Å²) < 4.78 is 16.5. The van der Waals surface area contributed by atoms with E-state index in [4.69, 9.17) is 19.3 Å². The fraction of sp³-hybridized carbons (Fsp3) is 0.647. The molecule has 0 amide bonds. The number of thioether (sulfide) groups is 1. The maximum atomic E-state index is 8.91. The van der Waals surface area contributed by atoms with Crippen molar-refractivity contribution in [2.24, 2.45) is 0 Å². The van der Waals surface area contributed by atoms with Crippen molar-refractivity contribution in [2.45, 2.75) is 30.9 Å². The molecule has 1 N–H and O–H groups in total. The summed E-state index contributed by atoms with van der Waals surface area (Å²) in [6.45, 7) is 5.58. The summed E-state index contributed by atoms with van der Waals surface area (Å²) in [5.41, 5.74) is 2.64. The quantitative estimate of drug-likeness (QED) is 0.814. The van der Waals surface area contributed by atoms with Gasteiger partial charge in [0, 0.05) is 0 Å². The van der Waals surface area contributed by atoms with Gasteiger partial charge in [-0.3, -0.25) is 0 Å². The molecule has 2 rings (SSSR count). The van der Waals surface area contributed by atoms with Gasteiger partial charge in [0.15, 0.2) is 11.5 Å². The van der Waals surface area contributed by atoms with Crippen LogP contribution in [0.1, 0.15) is 36.6 Å². The highest BCUT2D eigenvalue weighted by Crippen LogP contribution is 2.47.